The second-order valence-electron chi connectivity index (χ2n) is 4.22. The Hall–Kier alpha value is -1.13. The quantitative estimate of drug-likeness (QED) is 0.703. The summed E-state index contributed by atoms with van der Waals surface area (Å²) in [5.41, 5.74) is 2.78. The Labute approximate surface area is 99.1 Å². The molecule has 0 saturated carbocycles. The fourth-order valence-electron chi connectivity index (χ4n) is 1.74. The highest BCUT2D eigenvalue weighted by atomic mass is 31.1. The Balaban J connectivity index is 2.11. The van der Waals surface area contributed by atoms with Crippen molar-refractivity contribution in [2.75, 3.05) is 13.3 Å². The van der Waals surface area contributed by atoms with Crippen molar-refractivity contribution in [2.24, 2.45) is 0 Å². The van der Waals surface area contributed by atoms with Gasteiger partial charge in [0.2, 0.25) is 0 Å². The normalized spacial score (nSPS) is 10.7. The number of hydrogen-bond donors (Lipinski definition) is 0. The third-order valence-electron chi connectivity index (χ3n) is 2.70. The van der Waals surface area contributed by atoms with Gasteiger partial charge in [-0.05, 0) is 36.2 Å². The van der Waals surface area contributed by atoms with Crippen molar-refractivity contribution in [1.82, 2.24) is 0 Å². The monoisotopic (exact) mass is 228 g/mol. The van der Waals surface area contributed by atoms with Crippen molar-refractivity contribution < 1.29 is 0 Å². The molecule has 0 nitrogen and oxygen atoms in total. The van der Waals surface area contributed by atoms with Crippen LogP contribution in [0.5, 0.6) is 0 Å². The van der Waals surface area contributed by atoms with Crippen molar-refractivity contribution in [1.29, 1.82) is 0 Å². The van der Waals surface area contributed by atoms with Gasteiger partial charge in [-0.25, -0.2) is 0 Å². The van der Waals surface area contributed by atoms with Crippen LogP contribution in [0.1, 0.15) is 11.1 Å². The molecule has 0 spiro atoms. The molecule has 0 atom stereocenters. The zero-order valence-corrected chi connectivity index (χ0v) is 10.7. The SMILES string of the molecule is CP(C)c1ccc(Cc2ccccc2)cc1. The highest BCUT2D eigenvalue weighted by molar-refractivity contribution is 7.64. The fourth-order valence-corrected chi connectivity index (χ4v) is 2.49. The van der Waals surface area contributed by atoms with E-state index in [1.54, 1.807) is 0 Å². The summed E-state index contributed by atoms with van der Waals surface area (Å²) in [6.07, 6.45) is 1.03. The molecule has 0 radical (unpaired) electrons. The van der Waals surface area contributed by atoms with Gasteiger partial charge in [-0.1, -0.05) is 62.5 Å². The van der Waals surface area contributed by atoms with Gasteiger partial charge in [0, 0.05) is 0 Å². The molecule has 2 rings (SSSR count). The lowest BCUT2D eigenvalue weighted by Gasteiger charge is -2.07. The first-order valence-corrected chi connectivity index (χ1v) is 7.79. The van der Waals surface area contributed by atoms with Crippen LogP contribution in [-0.2, 0) is 6.42 Å². The van der Waals surface area contributed by atoms with Gasteiger partial charge in [-0.2, -0.15) is 0 Å². The maximum atomic E-state index is 2.29. The largest absolute Gasteiger partial charge is 0.0817 e. The number of rotatable bonds is 3. The third kappa shape index (κ3) is 2.93. The summed E-state index contributed by atoms with van der Waals surface area (Å²) >= 11 is 0. The molecule has 0 aliphatic carbocycles. The minimum atomic E-state index is 0.0328. The van der Waals surface area contributed by atoms with E-state index in [4.69, 9.17) is 0 Å². The Kier molecular flexibility index (Phi) is 3.74. The van der Waals surface area contributed by atoms with E-state index in [0.717, 1.165) is 6.42 Å². The molecule has 0 amide bonds. The zero-order valence-electron chi connectivity index (χ0n) is 9.85. The molecule has 2 aromatic rings. The van der Waals surface area contributed by atoms with Crippen molar-refractivity contribution >= 4 is 13.2 Å². The summed E-state index contributed by atoms with van der Waals surface area (Å²) in [6.45, 7) is 4.59. The molecular weight excluding hydrogens is 211 g/mol. The van der Waals surface area contributed by atoms with Crippen LogP contribution in [0.3, 0.4) is 0 Å². The minimum absolute atomic E-state index is 0.0328. The Bertz CT molecular complexity index is 429. The second-order valence-corrected chi connectivity index (χ2v) is 6.53. The predicted octanol–water partition coefficient (Wildman–Crippen LogP) is 3.64. The highest BCUT2D eigenvalue weighted by Crippen LogP contribution is 2.23. The maximum Gasteiger partial charge on any atom is -0.00258 e. The molecule has 0 fully saturated rings. The summed E-state index contributed by atoms with van der Waals surface area (Å²) in [5, 5.41) is 1.48. The van der Waals surface area contributed by atoms with Gasteiger partial charge in [0.15, 0.2) is 0 Å². The van der Waals surface area contributed by atoms with E-state index in [-0.39, 0.29) is 7.92 Å². The number of hydrogen-bond acceptors (Lipinski definition) is 0. The molecular formula is C15H17P. The molecule has 1 heteroatoms. The van der Waals surface area contributed by atoms with E-state index in [0.29, 0.717) is 0 Å². The molecule has 82 valence electrons. The molecule has 0 unspecified atom stereocenters. The van der Waals surface area contributed by atoms with Crippen molar-refractivity contribution in [3.05, 3.63) is 65.7 Å². The Morgan fingerprint density at radius 2 is 1.31 bits per heavy atom. The summed E-state index contributed by atoms with van der Waals surface area (Å²) in [5.74, 6) is 0. The molecule has 0 aliphatic rings. The predicted molar refractivity (Wildman–Crippen MR) is 74.1 cm³/mol. The minimum Gasteiger partial charge on any atom is -0.0817 e. The summed E-state index contributed by atoms with van der Waals surface area (Å²) < 4.78 is 0. The topological polar surface area (TPSA) is 0 Å². The van der Waals surface area contributed by atoms with Gasteiger partial charge >= 0.3 is 0 Å². The van der Waals surface area contributed by atoms with Crippen molar-refractivity contribution in [2.45, 2.75) is 6.42 Å². The summed E-state index contributed by atoms with van der Waals surface area (Å²) in [4.78, 5) is 0. The Morgan fingerprint density at radius 1 is 0.750 bits per heavy atom. The van der Waals surface area contributed by atoms with Crippen molar-refractivity contribution in [3.63, 3.8) is 0 Å². The van der Waals surface area contributed by atoms with Crippen LogP contribution in [-0.4, -0.2) is 13.3 Å². The van der Waals surface area contributed by atoms with Gasteiger partial charge < -0.3 is 0 Å². The van der Waals surface area contributed by atoms with Crippen LogP contribution in [0.15, 0.2) is 54.6 Å². The van der Waals surface area contributed by atoms with E-state index in [2.05, 4.69) is 67.9 Å². The van der Waals surface area contributed by atoms with E-state index in [9.17, 15) is 0 Å². The summed E-state index contributed by atoms with van der Waals surface area (Å²) in [6, 6.07) is 19.7. The molecule has 0 bridgehead atoms. The maximum absolute atomic E-state index is 2.29. The first kappa shape index (κ1) is 11.4. The van der Waals surface area contributed by atoms with E-state index in [1.165, 1.54) is 16.4 Å². The van der Waals surface area contributed by atoms with E-state index >= 15 is 0 Å². The van der Waals surface area contributed by atoms with Crippen LogP contribution in [0.2, 0.25) is 0 Å². The smallest absolute Gasteiger partial charge is 0.00258 e. The van der Waals surface area contributed by atoms with Crippen LogP contribution < -0.4 is 5.30 Å². The van der Waals surface area contributed by atoms with Gasteiger partial charge in [-0.3, -0.25) is 0 Å². The molecule has 2 aromatic carbocycles. The molecule has 0 N–H and O–H groups in total. The van der Waals surface area contributed by atoms with Gasteiger partial charge in [0.1, 0.15) is 0 Å². The van der Waals surface area contributed by atoms with Crippen LogP contribution in [0.4, 0.5) is 0 Å². The Morgan fingerprint density at radius 3 is 1.88 bits per heavy atom. The highest BCUT2D eigenvalue weighted by Gasteiger charge is 1.99. The van der Waals surface area contributed by atoms with Gasteiger partial charge in [-0.15, -0.1) is 0 Å². The van der Waals surface area contributed by atoms with E-state index < -0.39 is 0 Å². The lowest BCUT2D eigenvalue weighted by Crippen LogP contribution is -1.99. The van der Waals surface area contributed by atoms with Gasteiger partial charge in [0.05, 0.1) is 0 Å². The lowest BCUT2D eigenvalue weighted by molar-refractivity contribution is 1.20. The molecule has 0 aliphatic heterocycles. The number of benzene rings is 2. The van der Waals surface area contributed by atoms with Crippen LogP contribution >= 0.6 is 7.92 Å². The van der Waals surface area contributed by atoms with E-state index in [1.807, 2.05) is 0 Å². The molecule has 16 heavy (non-hydrogen) atoms. The van der Waals surface area contributed by atoms with Crippen LogP contribution in [0, 0.1) is 0 Å². The van der Waals surface area contributed by atoms with Crippen molar-refractivity contribution in [3.8, 4) is 0 Å². The lowest BCUT2D eigenvalue weighted by atomic mass is 10.1. The molecule has 0 aromatic heterocycles. The fraction of sp³-hybridized carbons (Fsp3) is 0.200. The van der Waals surface area contributed by atoms with Gasteiger partial charge in [0.25, 0.3) is 0 Å². The average Bonchev–Trinajstić information content (AvgIpc) is 2.31. The first-order valence-electron chi connectivity index (χ1n) is 5.56. The third-order valence-corrected chi connectivity index (χ3v) is 4.03. The summed E-state index contributed by atoms with van der Waals surface area (Å²) in [7, 11) is 0.0328. The standard InChI is InChI=1S/C15H17P/c1-16(2)15-10-8-14(9-11-15)12-13-6-4-3-5-7-13/h3-11H,12H2,1-2H3. The molecule has 0 heterocycles. The molecule has 0 saturated heterocycles. The zero-order chi connectivity index (χ0) is 11.4. The van der Waals surface area contributed by atoms with Crippen LogP contribution in [0.25, 0.3) is 0 Å². The first-order chi connectivity index (χ1) is 7.75. The second kappa shape index (κ2) is 5.27. The average molecular weight is 228 g/mol.